The van der Waals surface area contributed by atoms with Crippen molar-refractivity contribution in [1.29, 1.82) is 0 Å². The SMILES string of the molecule is Cc1nc(Br)ccc1NC(=O)c1ccccc1F. The average molecular weight is 309 g/mol. The number of pyridine rings is 1. The summed E-state index contributed by atoms with van der Waals surface area (Å²) in [6.45, 7) is 1.77. The second-order valence-electron chi connectivity index (χ2n) is 3.70. The van der Waals surface area contributed by atoms with Crippen molar-refractivity contribution in [2.45, 2.75) is 6.92 Å². The molecule has 2 rings (SSSR count). The molecule has 2 aromatic rings. The number of aryl methyl sites for hydroxylation is 1. The topological polar surface area (TPSA) is 42.0 Å². The molecule has 0 radical (unpaired) electrons. The van der Waals surface area contributed by atoms with Crippen molar-refractivity contribution in [1.82, 2.24) is 4.98 Å². The maximum atomic E-state index is 13.4. The number of carbonyl (C=O) groups is 1. The van der Waals surface area contributed by atoms with E-state index in [1.165, 1.54) is 12.1 Å². The van der Waals surface area contributed by atoms with Crippen molar-refractivity contribution < 1.29 is 9.18 Å². The summed E-state index contributed by atoms with van der Waals surface area (Å²) in [5, 5.41) is 2.63. The molecule has 3 nitrogen and oxygen atoms in total. The largest absolute Gasteiger partial charge is 0.320 e. The molecule has 0 atom stereocenters. The lowest BCUT2D eigenvalue weighted by Gasteiger charge is -2.08. The number of halogens is 2. The van der Waals surface area contributed by atoms with Gasteiger partial charge in [-0.3, -0.25) is 4.79 Å². The number of hydrogen-bond acceptors (Lipinski definition) is 2. The van der Waals surface area contributed by atoms with E-state index in [1.54, 1.807) is 31.2 Å². The van der Waals surface area contributed by atoms with E-state index in [0.717, 1.165) is 0 Å². The van der Waals surface area contributed by atoms with Gasteiger partial charge in [-0.1, -0.05) is 12.1 Å². The van der Waals surface area contributed by atoms with Crippen LogP contribution in [0.25, 0.3) is 0 Å². The quantitative estimate of drug-likeness (QED) is 0.862. The third-order valence-electron chi connectivity index (χ3n) is 2.42. The predicted octanol–water partition coefficient (Wildman–Crippen LogP) is 3.54. The summed E-state index contributed by atoms with van der Waals surface area (Å²) < 4.78 is 14.1. The van der Waals surface area contributed by atoms with Gasteiger partial charge in [-0.2, -0.15) is 0 Å². The number of benzene rings is 1. The van der Waals surface area contributed by atoms with Gasteiger partial charge in [0, 0.05) is 0 Å². The molecule has 1 N–H and O–H groups in total. The maximum absolute atomic E-state index is 13.4. The Labute approximate surface area is 112 Å². The van der Waals surface area contributed by atoms with E-state index >= 15 is 0 Å². The minimum absolute atomic E-state index is 0.0137. The lowest BCUT2D eigenvalue weighted by atomic mass is 10.2. The van der Waals surface area contributed by atoms with Crippen molar-refractivity contribution in [3.05, 3.63) is 58.1 Å². The molecule has 0 spiro atoms. The number of rotatable bonds is 2. The summed E-state index contributed by atoms with van der Waals surface area (Å²) in [6.07, 6.45) is 0. The molecule has 1 amide bonds. The number of nitrogens with one attached hydrogen (secondary N) is 1. The van der Waals surface area contributed by atoms with E-state index in [0.29, 0.717) is 16.0 Å². The third-order valence-corrected chi connectivity index (χ3v) is 2.86. The molecule has 0 saturated carbocycles. The first-order valence-corrected chi connectivity index (χ1v) is 6.06. The molecule has 0 bridgehead atoms. The van der Waals surface area contributed by atoms with Crippen molar-refractivity contribution in [2.75, 3.05) is 5.32 Å². The predicted molar refractivity (Wildman–Crippen MR) is 71.0 cm³/mol. The van der Waals surface area contributed by atoms with Crippen molar-refractivity contribution in [2.24, 2.45) is 0 Å². The Morgan fingerprint density at radius 3 is 2.67 bits per heavy atom. The number of aromatic nitrogens is 1. The zero-order valence-electron chi connectivity index (χ0n) is 9.58. The fraction of sp³-hybridized carbons (Fsp3) is 0.0769. The molecule has 0 aliphatic rings. The van der Waals surface area contributed by atoms with Gasteiger partial charge in [0.25, 0.3) is 5.91 Å². The zero-order chi connectivity index (χ0) is 13.1. The zero-order valence-corrected chi connectivity index (χ0v) is 11.2. The van der Waals surface area contributed by atoms with E-state index in [9.17, 15) is 9.18 Å². The summed E-state index contributed by atoms with van der Waals surface area (Å²) >= 11 is 3.24. The first kappa shape index (κ1) is 12.7. The summed E-state index contributed by atoms with van der Waals surface area (Å²) in [6, 6.07) is 9.27. The van der Waals surface area contributed by atoms with Gasteiger partial charge in [-0.05, 0) is 47.1 Å². The van der Waals surface area contributed by atoms with Crippen LogP contribution in [-0.2, 0) is 0 Å². The standard InChI is InChI=1S/C13H10BrFN2O/c1-8-11(6-7-12(14)16-8)17-13(18)9-4-2-3-5-10(9)15/h2-7H,1H3,(H,17,18). The Balaban J connectivity index is 2.24. The minimum Gasteiger partial charge on any atom is -0.320 e. The van der Waals surface area contributed by atoms with Crippen molar-refractivity contribution in [3.63, 3.8) is 0 Å². The smallest absolute Gasteiger partial charge is 0.258 e. The van der Waals surface area contributed by atoms with Crippen molar-refractivity contribution in [3.8, 4) is 0 Å². The van der Waals surface area contributed by atoms with Gasteiger partial charge in [-0.25, -0.2) is 9.37 Å². The second-order valence-corrected chi connectivity index (χ2v) is 4.51. The molecule has 18 heavy (non-hydrogen) atoms. The number of carbonyl (C=O) groups excluding carboxylic acids is 1. The second kappa shape index (κ2) is 5.27. The molecular weight excluding hydrogens is 299 g/mol. The molecule has 1 aromatic heterocycles. The monoisotopic (exact) mass is 308 g/mol. The molecule has 92 valence electrons. The van der Waals surface area contributed by atoms with Crippen LogP contribution in [0.2, 0.25) is 0 Å². The lowest BCUT2D eigenvalue weighted by molar-refractivity contribution is 0.102. The minimum atomic E-state index is -0.544. The highest BCUT2D eigenvalue weighted by molar-refractivity contribution is 9.10. The fourth-order valence-electron chi connectivity index (χ4n) is 1.50. The van der Waals surface area contributed by atoms with Crippen LogP contribution in [0.4, 0.5) is 10.1 Å². The Bertz CT molecular complexity index is 601. The summed E-state index contributed by atoms with van der Waals surface area (Å²) in [5.41, 5.74) is 1.24. The van der Waals surface area contributed by atoms with Crippen molar-refractivity contribution >= 4 is 27.5 Å². The summed E-state index contributed by atoms with van der Waals surface area (Å²) in [5.74, 6) is -1.03. The number of hydrogen-bond donors (Lipinski definition) is 1. The van der Waals surface area contributed by atoms with Gasteiger partial charge < -0.3 is 5.32 Å². The Morgan fingerprint density at radius 2 is 2.00 bits per heavy atom. The number of anilines is 1. The normalized spacial score (nSPS) is 10.2. The molecule has 0 unspecified atom stereocenters. The highest BCUT2D eigenvalue weighted by atomic mass is 79.9. The van der Waals surface area contributed by atoms with Crippen LogP contribution in [0.1, 0.15) is 16.1 Å². The first-order valence-electron chi connectivity index (χ1n) is 5.27. The van der Waals surface area contributed by atoms with Gasteiger partial charge >= 0.3 is 0 Å². The maximum Gasteiger partial charge on any atom is 0.258 e. The van der Waals surface area contributed by atoms with E-state index in [2.05, 4.69) is 26.2 Å². The molecule has 0 aliphatic carbocycles. The molecule has 0 fully saturated rings. The highest BCUT2D eigenvalue weighted by Crippen LogP contribution is 2.17. The average Bonchev–Trinajstić information content (AvgIpc) is 2.33. The summed E-state index contributed by atoms with van der Waals surface area (Å²) in [7, 11) is 0. The van der Waals surface area contributed by atoms with Crippen LogP contribution in [-0.4, -0.2) is 10.9 Å². The first-order chi connectivity index (χ1) is 8.58. The number of amides is 1. The molecule has 1 aromatic carbocycles. The lowest BCUT2D eigenvalue weighted by Crippen LogP contribution is -2.14. The van der Waals surface area contributed by atoms with Gasteiger partial charge in [0.15, 0.2) is 0 Å². The Kier molecular flexibility index (Phi) is 3.72. The van der Waals surface area contributed by atoms with E-state index in [4.69, 9.17) is 0 Å². The van der Waals surface area contributed by atoms with Gasteiger partial charge in [0.2, 0.25) is 0 Å². The van der Waals surface area contributed by atoms with Crippen LogP contribution in [0.3, 0.4) is 0 Å². The highest BCUT2D eigenvalue weighted by Gasteiger charge is 2.12. The van der Waals surface area contributed by atoms with Crippen LogP contribution in [0, 0.1) is 12.7 Å². The van der Waals surface area contributed by atoms with Gasteiger partial charge in [0.05, 0.1) is 16.9 Å². The van der Waals surface area contributed by atoms with Crippen LogP contribution < -0.4 is 5.32 Å². The van der Waals surface area contributed by atoms with Crippen LogP contribution in [0.15, 0.2) is 41.0 Å². The Morgan fingerprint density at radius 1 is 1.28 bits per heavy atom. The van der Waals surface area contributed by atoms with E-state index in [1.807, 2.05) is 0 Å². The van der Waals surface area contributed by atoms with Crippen LogP contribution in [0.5, 0.6) is 0 Å². The van der Waals surface area contributed by atoms with Gasteiger partial charge in [-0.15, -0.1) is 0 Å². The molecule has 0 aliphatic heterocycles. The third kappa shape index (κ3) is 2.73. The van der Waals surface area contributed by atoms with E-state index < -0.39 is 11.7 Å². The Hall–Kier alpha value is -1.75. The number of nitrogens with zero attached hydrogens (tertiary/aromatic N) is 1. The van der Waals surface area contributed by atoms with Crippen LogP contribution >= 0.6 is 15.9 Å². The molecule has 5 heteroatoms. The fourth-order valence-corrected chi connectivity index (χ4v) is 1.90. The molecule has 1 heterocycles. The van der Waals surface area contributed by atoms with Gasteiger partial charge in [0.1, 0.15) is 10.4 Å². The molecule has 0 saturated heterocycles. The summed E-state index contributed by atoms with van der Waals surface area (Å²) in [4.78, 5) is 16.0. The van der Waals surface area contributed by atoms with E-state index in [-0.39, 0.29) is 5.56 Å². The molecular formula is C13H10BrFN2O.